The Bertz CT molecular complexity index is 473. The molecular formula is C16H24N2. The molecule has 0 spiro atoms. The molecule has 0 aromatic carbocycles. The lowest BCUT2D eigenvalue weighted by molar-refractivity contribution is 0.480. The summed E-state index contributed by atoms with van der Waals surface area (Å²) in [5.74, 6) is 0. The first-order valence-corrected chi connectivity index (χ1v) is 7.24. The second-order valence-electron chi connectivity index (χ2n) is 5.18. The lowest BCUT2D eigenvalue weighted by atomic mass is 10.1. The van der Waals surface area contributed by atoms with Crippen molar-refractivity contribution < 1.29 is 0 Å². The molecule has 1 atom stereocenters. The summed E-state index contributed by atoms with van der Waals surface area (Å²) in [4.78, 5) is 4.38. The molecule has 2 heterocycles. The summed E-state index contributed by atoms with van der Waals surface area (Å²) in [5, 5.41) is 0. The fourth-order valence-electron chi connectivity index (χ4n) is 2.55. The predicted octanol–water partition coefficient (Wildman–Crippen LogP) is 4.96. The standard InChI is InChI=1S/C16H24N2/c1-3-4-5-6-7-9-14(2)18-13-11-15-16(18)10-8-12-17-15/h8,10-14H,3-7,9H2,1-2H3. The third-order valence-electron chi connectivity index (χ3n) is 3.69. The zero-order chi connectivity index (χ0) is 12.8. The minimum atomic E-state index is 0.577. The van der Waals surface area contributed by atoms with Gasteiger partial charge in [-0.05, 0) is 31.5 Å². The normalized spacial score (nSPS) is 13.0. The van der Waals surface area contributed by atoms with E-state index in [2.05, 4.69) is 41.7 Å². The van der Waals surface area contributed by atoms with Crippen molar-refractivity contribution in [2.45, 2.75) is 58.4 Å². The number of hydrogen-bond acceptors (Lipinski definition) is 1. The summed E-state index contributed by atoms with van der Waals surface area (Å²) in [6.45, 7) is 4.58. The van der Waals surface area contributed by atoms with Crippen LogP contribution in [0.3, 0.4) is 0 Å². The van der Waals surface area contributed by atoms with Crippen LogP contribution in [0, 0.1) is 0 Å². The Labute approximate surface area is 110 Å². The minimum Gasteiger partial charge on any atom is -0.343 e. The van der Waals surface area contributed by atoms with Gasteiger partial charge in [0, 0.05) is 18.4 Å². The van der Waals surface area contributed by atoms with Gasteiger partial charge in [-0.25, -0.2) is 0 Å². The molecule has 0 aliphatic rings. The maximum atomic E-state index is 4.38. The summed E-state index contributed by atoms with van der Waals surface area (Å²) in [7, 11) is 0. The fraction of sp³-hybridized carbons (Fsp3) is 0.562. The van der Waals surface area contributed by atoms with Crippen molar-refractivity contribution in [3.05, 3.63) is 30.6 Å². The molecule has 2 heteroatoms. The van der Waals surface area contributed by atoms with E-state index in [0.717, 1.165) is 5.52 Å². The SMILES string of the molecule is CCCCCCCC(C)n1ccc2ncccc21. The summed E-state index contributed by atoms with van der Waals surface area (Å²) in [6.07, 6.45) is 12.1. The molecule has 1 unspecified atom stereocenters. The quantitative estimate of drug-likeness (QED) is 0.629. The molecule has 2 nitrogen and oxygen atoms in total. The number of hydrogen-bond donors (Lipinski definition) is 0. The van der Waals surface area contributed by atoms with E-state index < -0.39 is 0 Å². The first kappa shape index (κ1) is 13.1. The molecular weight excluding hydrogens is 220 g/mol. The molecule has 0 radical (unpaired) electrons. The molecule has 0 aliphatic carbocycles. The van der Waals surface area contributed by atoms with Gasteiger partial charge in [0.2, 0.25) is 0 Å². The molecule has 0 saturated heterocycles. The summed E-state index contributed by atoms with van der Waals surface area (Å²) >= 11 is 0. The molecule has 0 saturated carbocycles. The van der Waals surface area contributed by atoms with Gasteiger partial charge in [0.25, 0.3) is 0 Å². The highest BCUT2D eigenvalue weighted by Gasteiger charge is 2.07. The van der Waals surface area contributed by atoms with Crippen molar-refractivity contribution in [2.75, 3.05) is 0 Å². The van der Waals surface area contributed by atoms with Crippen LogP contribution in [0.25, 0.3) is 11.0 Å². The Morgan fingerprint density at radius 3 is 2.83 bits per heavy atom. The van der Waals surface area contributed by atoms with Crippen LogP contribution < -0.4 is 0 Å². The molecule has 2 aromatic heterocycles. The molecule has 18 heavy (non-hydrogen) atoms. The van der Waals surface area contributed by atoms with E-state index >= 15 is 0 Å². The Hall–Kier alpha value is -1.31. The Kier molecular flexibility index (Phi) is 4.80. The van der Waals surface area contributed by atoms with Gasteiger partial charge in [-0.3, -0.25) is 4.98 Å². The van der Waals surface area contributed by atoms with Crippen LogP contribution in [-0.4, -0.2) is 9.55 Å². The van der Waals surface area contributed by atoms with Crippen LogP contribution in [0.4, 0.5) is 0 Å². The van der Waals surface area contributed by atoms with Crippen LogP contribution in [0.2, 0.25) is 0 Å². The molecule has 0 aliphatic heterocycles. The third-order valence-corrected chi connectivity index (χ3v) is 3.69. The van der Waals surface area contributed by atoms with Crippen LogP contribution in [0.5, 0.6) is 0 Å². The van der Waals surface area contributed by atoms with Crippen LogP contribution in [0.15, 0.2) is 30.6 Å². The van der Waals surface area contributed by atoms with E-state index in [-0.39, 0.29) is 0 Å². The first-order chi connectivity index (χ1) is 8.83. The van der Waals surface area contributed by atoms with Crippen molar-refractivity contribution in [1.82, 2.24) is 9.55 Å². The van der Waals surface area contributed by atoms with Gasteiger partial charge in [0.05, 0.1) is 11.0 Å². The zero-order valence-electron chi connectivity index (χ0n) is 11.6. The monoisotopic (exact) mass is 244 g/mol. The topological polar surface area (TPSA) is 17.8 Å². The molecule has 0 fully saturated rings. The highest BCUT2D eigenvalue weighted by atomic mass is 15.0. The Morgan fingerprint density at radius 2 is 2.00 bits per heavy atom. The van der Waals surface area contributed by atoms with E-state index in [4.69, 9.17) is 0 Å². The Morgan fingerprint density at radius 1 is 1.17 bits per heavy atom. The van der Waals surface area contributed by atoms with Crippen LogP contribution in [-0.2, 0) is 0 Å². The second kappa shape index (κ2) is 6.58. The number of fused-ring (bicyclic) bond motifs is 1. The highest BCUT2D eigenvalue weighted by Crippen LogP contribution is 2.22. The maximum absolute atomic E-state index is 4.38. The summed E-state index contributed by atoms with van der Waals surface area (Å²) < 4.78 is 2.36. The van der Waals surface area contributed by atoms with E-state index in [1.165, 1.54) is 44.0 Å². The average molecular weight is 244 g/mol. The van der Waals surface area contributed by atoms with E-state index in [1.807, 2.05) is 12.3 Å². The van der Waals surface area contributed by atoms with Gasteiger partial charge < -0.3 is 4.57 Å². The maximum Gasteiger partial charge on any atom is 0.0880 e. The number of rotatable bonds is 7. The van der Waals surface area contributed by atoms with Crippen molar-refractivity contribution in [3.8, 4) is 0 Å². The van der Waals surface area contributed by atoms with Gasteiger partial charge in [-0.1, -0.05) is 39.0 Å². The number of nitrogens with zero attached hydrogens (tertiary/aromatic N) is 2. The van der Waals surface area contributed by atoms with Crippen LogP contribution >= 0.6 is 0 Å². The van der Waals surface area contributed by atoms with Gasteiger partial charge in [0.1, 0.15) is 0 Å². The lowest BCUT2D eigenvalue weighted by Gasteiger charge is -2.15. The third kappa shape index (κ3) is 3.12. The van der Waals surface area contributed by atoms with E-state index in [0.29, 0.717) is 6.04 Å². The summed E-state index contributed by atoms with van der Waals surface area (Å²) in [5.41, 5.74) is 2.37. The smallest absolute Gasteiger partial charge is 0.0880 e. The zero-order valence-corrected chi connectivity index (χ0v) is 11.6. The van der Waals surface area contributed by atoms with Gasteiger partial charge in [-0.15, -0.1) is 0 Å². The predicted molar refractivity (Wildman–Crippen MR) is 77.8 cm³/mol. The first-order valence-electron chi connectivity index (χ1n) is 7.24. The van der Waals surface area contributed by atoms with Gasteiger partial charge in [0.15, 0.2) is 0 Å². The molecule has 0 amide bonds. The molecule has 98 valence electrons. The average Bonchev–Trinajstić information content (AvgIpc) is 2.82. The molecule has 2 rings (SSSR count). The fourth-order valence-corrected chi connectivity index (χ4v) is 2.55. The summed E-state index contributed by atoms with van der Waals surface area (Å²) in [6, 6.07) is 6.87. The van der Waals surface area contributed by atoms with Crippen LogP contribution in [0.1, 0.15) is 58.4 Å². The number of unbranched alkanes of at least 4 members (excludes halogenated alkanes) is 4. The van der Waals surface area contributed by atoms with E-state index in [9.17, 15) is 0 Å². The largest absolute Gasteiger partial charge is 0.343 e. The Balaban J connectivity index is 1.90. The highest BCUT2D eigenvalue weighted by molar-refractivity contribution is 5.75. The van der Waals surface area contributed by atoms with Crippen molar-refractivity contribution in [2.24, 2.45) is 0 Å². The lowest BCUT2D eigenvalue weighted by Crippen LogP contribution is -2.03. The molecule has 0 bridgehead atoms. The van der Waals surface area contributed by atoms with Crippen molar-refractivity contribution in [1.29, 1.82) is 0 Å². The van der Waals surface area contributed by atoms with E-state index in [1.54, 1.807) is 0 Å². The number of aromatic nitrogens is 2. The minimum absolute atomic E-state index is 0.577. The van der Waals surface area contributed by atoms with Gasteiger partial charge >= 0.3 is 0 Å². The molecule has 2 aromatic rings. The van der Waals surface area contributed by atoms with Gasteiger partial charge in [-0.2, -0.15) is 0 Å². The number of pyridine rings is 1. The molecule has 0 N–H and O–H groups in total. The van der Waals surface area contributed by atoms with Crippen molar-refractivity contribution in [3.63, 3.8) is 0 Å². The van der Waals surface area contributed by atoms with Crippen molar-refractivity contribution >= 4 is 11.0 Å². The second-order valence-corrected chi connectivity index (χ2v) is 5.18.